The Bertz CT molecular complexity index is 1570. The molecule has 0 heterocycles. The van der Waals surface area contributed by atoms with Gasteiger partial charge in [-0.3, -0.25) is 0 Å². The van der Waals surface area contributed by atoms with Gasteiger partial charge in [0, 0.05) is 18.2 Å². The number of aryl methyl sites for hydroxylation is 1. The second-order valence-electron chi connectivity index (χ2n) is 10.2. The number of esters is 1. The highest BCUT2D eigenvalue weighted by molar-refractivity contribution is 5.95. The number of carbonyl (C=O) groups excluding carboxylic acids is 1. The fraction of sp³-hybridized carbons (Fsp3) is 0.235. The summed E-state index contributed by atoms with van der Waals surface area (Å²) in [6, 6.07) is 27.8. The van der Waals surface area contributed by atoms with Crippen LogP contribution in [0.1, 0.15) is 38.2 Å². The van der Waals surface area contributed by atoms with E-state index in [-0.39, 0.29) is 18.9 Å². The molecular formula is C34H34N2O6. The molecule has 0 atom stereocenters. The van der Waals surface area contributed by atoms with Gasteiger partial charge in [0.25, 0.3) is 0 Å². The van der Waals surface area contributed by atoms with Crippen LogP contribution in [0, 0.1) is 25.2 Å². The van der Waals surface area contributed by atoms with Crippen LogP contribution in [0.4, 0.5) is 0 Å². The van der Waals surface area contributed by atoms with Crippen molar-refractivity contribution in [2.45, 2.75) is 32.5 Å². The molecule has 0 aliphatic carbocycles. The van der Waals surface area contributed by atoms with Gasteiger partial charge in [0.15, 0.2) is 0 Å². The first-order chi connectivity index (χ1) is 20.3. The monoisotopic (exact) mass is 566 g/mol. The first-order valence-corrected chi connectivity index (χ1v) is 13.5. The molecule has 216 valence electrons. The number of aliphatic hydroxyl groups is 3. The molecule has 0 aliphatic rings. The minimum atomic E-state index is -1.29. The first-order valence-electron chi connectivity index (χ1n) is 13.5. The van der Waals surface area contributed by atoms with E-state index in [0.717, 1.165) is 27.8 Å². The Labute approximate surface area is 245 Å². The average molecular weight is 567 g/mol. The molecule has 0 aromatic heterocycles. The van der Waals surface area contributed by atoms with Crippen molar-refractivity contribution in [3.63, 3.8) is 0 Å². The third-order valence-electron chi connectivity index (χ3n) is 7.25. The topological polar surface area (TPSA) is 132 Å². The van der Waals surface area contributed by atoms with Crippen molar-refractivity contribution in [2.75, 3.05) is 19.8 Å². The van der Waals surface area contributed by atoms with Gasteiger partial charge in [-0.05, 0) is 65.9 Å². The minimum Gasteiger partial charge on any atom is -0.488 e. The molecule has 4 aromatic rings. The molecule has 0 unspecified atom stereocenters. The van der Waals surface area contributed by atoms with Crippen LogP contribution < -0.4 is 14.8 Å². The predicted molar refractivity (Wildman–Crippen MR) is 159 cm³/mol. The lowest BCUT2D eigenvalue weighted by Crippen LogP contribution is -2.54. The highest BCUT2D eigenvalue weighted by atomic mass is 16.5. The van der Waals surface area contributed by atoms with Crippen LogP contribution in [0.2, 0.25) is 0 Å². The molecule has 0 amide bonds. The van der Waals surface area contributed by atoms with E-state index in [4.69, 9.17) is 9.47 Å². The maximum Gasteiger partial charge on any atom is 0.343 e. The van der Waals surface area contributed by atoms with Crippen molar-refractivity contribution in [3.05, 3.63) is 118 Å². The zero-order valence-corrected chi connectivity index (χ0v) is 23.6. The maximum absolute atomic E-state index is 13.4. The minimum absolute atomic E-state index is 0.142. The summed E-state index contributed by atoms with van der Waals surface area (Å²) < 4.78 is 12.0. The molecule has 0 radical (unpaired) electrons. The van der Waals surface area contributed by atoms with E-state index in [1.165, 1.54) is 0 Å². The summed E-state index contributed by atoms with van der Waals surface area (Å²) in [7, 11) is 0. The number of nitriles is 1. The molecule has 4 aromatic carbocycles. The fourth-order valence-corrected chi connectivity index (χ4v) is 4.60. The Hall–Kier alpha value is -4.52. The lowest BCUT2D eigenvalue weighted by atomic mass is 9.96. The van der Waals surface area contributed by atoms with E-state index < -0.39 is 31.3 Å². The van der Waals surface area contributed by atoms with Crippen LogP contribution >= 0.6 is 0 Å². The molecule has 4 rings (SSSR count). The van der Waals surface area contributed by atoms with Crippen molar-refractivity contribution in [1.29, 1.82) is 5.26 Å². The second-order valence-corrected chi connectivity index (χ2v) is 10.2. The van der Waals surface area contributed by atoms with Gasteiger partial charge < -0.3 is 30.1 Å². The Morgan fingerprint density at radius 1 is 0.905 bits per heavy atom. The molecule has 0 aliphatic heterocycles. The highest BCUT2D eigenvalue weighted by Gasteiger charge is 2.28. The van der Waals surface area contributed by atoms with Crippen LogP contribution in [-0.2, 0) is 13.2 Å². The molecule has 8 nitrogen and oxygen atoms in total. The second kappa shape index (κ2) is 13.9. The van der Waals surface area contributed by atoms with Crippen molar-refractivity contribution in [2.24, 2.45) is 0 Å². The molecule has 0 fully saturated rings. The van der Waals surface area contributed by atoms with E-state index >= 15 is 0 Å². The lowest BCUT2D eigenvalue weighted by molar-refractivity contribution is 0.0411. The molecule has 42 heavy (non-hydrogen) atoms. The van der Waals surface area contributed by atoms with Gasteiger partial charge in [-0.25, -0.2) is 4.79 Å². The van der Waals surface area contributed by atoms with E-state index in [9.17, 15) is 25.4 Å². The highest BCUT2D eigenvalue weighted by Crippen LogP contribution is 2.32. The molecule has 8 heteroatoms. The van der Waals surface area contributed by atoms with Gasteiger partial charge in [-0.1, -0.05) is 54.6 Å². The van der Waals surface area contributed by atoms with Crippen molar-refractivity contribution >= 4 is 5.97 Å². The number of ether oxygens (including phenoxy) is 2. The lowest BCUT2D eigenvalue weighted by Gasteiger charge is -2.29. The Balaban J connectivity index is 1.64. The van der Waals surface area contributed by atoms with Crippen LogP contribution in [0.15, 0.2) is 84.9 Å². The summed E-state index contributed by atoms with van der Waals surface area (Å²) in [6.45, 7) is 2.57. The number of nitrogens with one attached hydrogen (secondary N) is 1. The first kappa shape index (κ1) is 30.4. The van der Waals surface area contributed by atoms with Gasteiger partial charge in [0.05, 0.1) is 42.6 Å². The molecular weight excluding hydrogens is 532 g/mol. The molecule has 4 N–H and O–H groups in total. The standard InChI is InChI=1S/C34H34N2O6/c1-23-14-28(42-33(40)30-13-7-12-29(24(30)2)27-10-4-3-5-11-27)16-32(31(23)18-36-34(20-37,21-38)22-39)41-19-26-9-6-8-25(15-26)17-35/h3-16,36-39H,18-22H2,1-2H3. The number of hydrogen-bond donors (Lipinski definition) is 4. The van der Waals surface area contributed by atoms with E-state index in [2.05, 4.69) is 11.4 Å². The Morgan fingerprint density at radius 2 is 1.62 bits per heavy atom. The molecule has 0 spiro atoms. The summed E-state index contributed by atoms with van der Waals surface area (Å²) >= 11 is 0. The van der Waals surface area contributed by atoms with E-state index in [1.54, 1.807) is 36.4 Å². The Morgan fingerprint density at radius 3 is 2.31 bits per heavy atom. The fourth-order valence-electron chi connectivity index (χ4n) is 4.60. The number of benzene rings is 4. The quantitative estimate of drug-likeness (QED) is 0.146. The van der Waals surface area contributed by atoms with Gasteiger partial charge >= 0.3 is 5.97 Å². The van der Waals surface area contributed by atoms with Crippen LogP contribution in [0.3, 0.4) is 0 Å². The van der Waals surface area contributed by atoms with Crippen LogP contribution in [0.5, 0.6) is 11.5 Å². The number of carbonyl (C=O) groups is 1. The summed E-state index contributed by atoms with van der Waals surface area (Å²) in [6.07, 6.45) is 0. The van der Waals surface area contributed by atoms with Gasteiger partial charge in [-0.15, -0.1) is 0 Å². The number of hydrogen-bond acceptors (Lipinski definition) is 8. The third kappa shape index (κ3) is 7.03. The largest absolute Gasteiger partial charge is 0.488 e. The SMILES string of the molecule is Cc1cc(OC(=O)c2cccc(-c3ccccc3)c2C)cc(OCc2cccc(C#N)c2)c1CNC(CO)(CO)CO. The van der Waals surface area contributed by atoms with Gasteiger partial charge in [0.2, 0.25) is 0 Å². The normalized spacial score (nSPS) is 11.1. The zero-order valence-electron chi connectivity index (χ0n) is 23.6. The van der Waals surface area contributed by atoms with Crippen molar-refractivity contribution in [1.82, 2.24) is 5.32 Å². The van der Waals surface area contributed by atoms with Gasteiger partial charge in [0.1, 0.15) is 18.1 Å². The van der Waals surface area contributed by atoms with Crippen molar-refractivity contribution in [3.8, 4) is 28.7 Å². The zero-order chi connectivity index (χ0) is 30.1. The molecule has 0 saturated carbocycles. The number of rotatable bonds is 12. The van der Waals surface area contributed by atoms with Gasteiger partial charge in [-0.2, -0.15) is 5.26 Å². The van der Waals surface area contributed by atoms with E-state index in [0.29, 0.717) is 22.4 Å². The summed E-state index contributed by atoms with van der Waals surface area (Å²) in [5.41, 5.74) is 4.57. The maximum atomic E-state index is 13.4. The van der Waals surface area contributed by atoms with Crippen molar-refractivity contribution < 1.29 is 29.6 Å². The summed E-state index contributed by atoms with van der Waals surface area (Å²) in [5.74, 6) is 0.178. The number of aliphatic hydroxyl groups excluding tert-OH is 3. The van der Waals surface area contributed by atoms with Crippen LogP contribution in [-0.4, -0.2) is 46.6 Å². The predicted octanol–water partition coefficient (Wildman–Crippen LogP) is 4.45. The smallest absolute Gasteiger partial charge is 0.343 e. The summed E-state index contributed by atoms with van der Waals surface area (Å²) in [5, 5.41) is 41.6. The molecule has 0 bridgehead atoms. The average Bonchev–Trinajstić information content (AvgIpc) is 3.02. The Kier molecular flexibility index (Phi) is 10.1. The van der Waals surface area contributed by atoms with Crippen LogP contribution in [0.25, 0.3) is 11.1 Å². The third-order valence-corrected chi connectivity index (χ3v) is 7.25. The molecule has 0 saturated heterocycles. The summed E-state index contributed by atoms with van der Waals surface area (Å²) in [4.78, 5) is 13.4. The van der Waals surface area contributed by atoms with E-state index in [1.807, 2.05) is 62.4 Å². The number of nitrogens with zero attached hydrogens (tertiary/aromatic N) is 1.